The Kier molecular flexibility index (Phi) is 8.63. The van der Waals surface area contributed by atoms with Gasteiger partial charge in [0.15, 0.2) is 16.3 Å². The molecule has 1 aromatic heterocycles. The highest BCUT2D eigenvalue weighted by atomic mass is 32.1. The minimum Gasteiger partial charge on any atom is -0.490 e. The largest absolute Gasteiger partial charge is 0.490 e. The molecule has 1 aliphatic heterocycles. The van der Waals surface area contributed by atoms with Crippen LogP contribution in [-0.2, 0) is 16.1 Å². The van der Waals surface area contributed by atoms with E-state index in [1.54, 1.807) is 68.5 Å². The average Bonchev–Trinajstić information content (AvgIpc) is 3.27. The fourth-order valence-electron chi connectivity index (χ4n) is 4.68. The van der Waals surface area contributed by atoms with E-state index in [4.69, 9.17) is 14.2 Å². The van der Waals surface area contributed by atoms with E-state index in [0.717, 1.165) is 0 Å². The van der Waals surface area contributed by atoms with E-state index < -0.39 is 17.8 Å². The summed E-state index contributed by atoms with van der Waals surface area (Å²) >= 11 is 1.18. The lowest BCUT2D eigenvalue weighted by atomic mass is 9.96. The Hall–Kier alpha value is -4.57. The van der Waals surface area contributed by atoms with Gasteiger partial charge in [-0.1, -0.05) is 47.7 Å². The molecule has 0 fully saturated rings. The fourth-order valence-corrected chi connectivity index (χ4v) is 5.72. The Morgan fingerprint density at radius 3 is 2.48 bits per heavy atom. The molecule has 0 radical (unpaired) electrons. The number of hydrogen-bond donors (Lipinski definition) is 0. The van der Waals surface area contributed by atoms with E-state index in [-0.39, 0.29) is 30.2 Å². The van der Waals surface area contributed by atoms with Gasteiger partial charge < -0.3 is 14.2 Å². The first-order chi connectivity index (χ1) is 20.3. The predicted octanol–water partition coefficient (Wildman–Crippen LogP) is 5.05. The maximum absolute atomic E-state index is 14.1. The summed E-state index contributed by atoms with van der Waals surface area (Å²) in [5, 5.41) is 0. The minimum absolute atomic E-state index is 0.0240. The number of nitrogens with zero attached hydrogens (tertiary/aromatic N) is 2. The number of ether oxygens (including phenoxy) is 3. The molecular formula is C32H28F2N2O5S. The topological polar surface area (TPSA) is 79.1 Å². The molecule has 5 rings (SSSR count). The number of fused-ring (bicyclic) bond motifs is 1. The molecule has 4 aromatic rings. The molecule has 1 atom stereocenters. The van der Waals surface area contributed by atoms with Gasteiger partial charge in [-0.3, -0.25) is 9.36 Å². The lowest BCUT2D eigenvalue weighted by molar-refractivity contribution is -0.139. The monoisotopic (exact) mass is 590 g/mol. The summed E-state index contributed by atoms with van der Waals surface area (Å²) in [4.78, 5) is 31.8. The molecule has 0 spiro atoms. The van der Waals surface area contributed by atoms with Crippen molar-refractivity contribution < 1.29 is 27.8 Å². The number of benzene rings is 3. The number of hydrogen-bond acceptors (Lipinski definition) is 7. The smallest absolute Gasteiger partial charge is 0.338 e. The molecule has 10 heteroatoms. The SMILES string of the molecule is CCOC(=O)C1=C(C)N=c2s/c(=C\c3ccc(OCc4ccccc4F)c(OCC)c3)c(=O)n2[C@H]1c1ccc(F)cc1. The number of esters is 1. The van der Waals surface area contributed by atoms with Crippen molar-refractivity contribution in [3.05, 3.63) is 126 Å². The summed E-state index contributed by atoms with van der Waals surface area (Å²) in [6.45, 7) is 5.77. The zero-order chi connectivity index (χ0) is 29.8. The van der Waals surface area contributed by atoms with E-state index in [1.807, 2.05) is 6.92 Å². The van der Waals surface area contributed by atoms with Gasteiger partial charge in [0.25, 0.3) is 5.56 Å². The second kappa shape index (κ2) is 12.5. The molecule has 0 amide bonds. The number of carbonyl (C=O) groups excluding carboxylic acids is 1. The van der Waals surface area contributed by atoms with Gasteiger partial charge in [0, 0.05) is 5.56 Å². The van der Waals surface area contributed by atoms with E-state index in [1.165, 1.54) is 34.1 Å². The molecule has 216 valence electrons. The molecule has 2 heterocycles. The molecule has 0 saturated carbocycles. The Balaban J connectivity index is 1.55. The maximum atomic E-state index is 14.1. The fraction of sp³-hybridized carbons (Fsp3) is 0.219. The number of carbonyl (C=O) groups is 1. The molecule has 0 bridgehead atoms. The quantitative estimate of drug-likeness (QED) is 0.255. The zero-order valence-corrected chi connectivity index (χ0v) is 24.0. The summed E-state index contributed by atoms with van der Waals surface area (Å²) in [7, 11) is 0. The Bertz CT molecular complexity index is 1840. The Morgan fingerprint density at radius 2 is 1.76 bits per heavy atom. The number of thiazole rings is 1. The standard InChI is InChI=1S/C32H28F2N2O5S/c1-4-39-26-16-20(10-15-25(26)41-18-22-8-6-7-9-24(22)34)17-27-30(37)36-29(21-11-13-23(33)14-12-21)28(31(38)40-5-2)19(3)35-32(36)42-27/h6-17,29H,4-5,18H2,1-3H3/b27-17-/t29-/m0/s1. The molecule has 3 aromatic carbocycles. The van der Waals surface area contributed by atoms with Crippen molar-refractivity contribution >= 4 is 23.4 Å². The number of rotatable bonds is 9. The zero-order valence-electron chi connectivity index (χ0n) is 23.2. The van der Waals surface area contributed by atoms with Crippen molar-refractivity contribution in [2.24, 2.45) is 4.99 Å². The highest BCUT2D eigenvalue weighted by Gasteiger charge is 2.33. The van der Waals surface area contributed by atoms with Crippen molar-refractivity contribution in [1.82, 2.24) is 4.57 Å². The van der Waals surface area contributed by atoms with Crippen LogP contribution in [-0.4, -0.2) is 23.8 Å². The molecule has 0 aliphatic carbocycles. The number of aromatic nitrogens is 1. The van der Waals surface area contributed by atoms with Crippen molar-refractivity contribution in [3.8, 4) is 11.5 Å². The van der Waals surface area contributed by atoms with Crippen LogP contribution in [0.4, 0.5) is 8.78 Å². The van der Waals surface area contributed by atoms with Crippen LogP contribution in [0.15, 0.2) is 87.8 Å². The van der Waals surface area contributed by atoms with Crippen LogP contribution in [0.5, 0.6) is 11.5 Å². The number of allylic oxidation sites excluding steroid dienone is 1. The van der Waals surface area contributed by atoms with Crippen LogP contribution in [0.2, 0.25) is 0 Å². The molecule has 0 saturated heterocycles. The normalized spacial score (nSPS) is 14.8. The lowest BCUT2D eigenvalue weighted by Crippen LogP contribution is -2.39. The molecule has 42 heavy (non-hydrogen) atoms. The minimum atomic E-state index is -0.837. The maximum Gasteiger partial charge on any atom is 0.338 e. The van der Waals surface area contributed by atoms with Crippen molar-refractivity contribution in [2.45, 2.75) is 33.4 Å². The summed E-state index contributed by atoms with van der Waals surface area (Å²) in [5.74, 6) is -0.502. The second-order valence-corrected chi connectivity index (χ2v) is 10.4. The summed E-state index contributed by atoms with van der Waals surface area (Å²) < 4.78 is 46.6. The molecule has 0 unspecified atom stereocenters. The first-order valence-electron chi connectivity index (χ1n) is 13.4. The van der Waals surface area contributed by atoms with Gasteiger partial charge in [-0.05, 0) is 68.3 Å². The van der Waals surface area contributed by atoms with Gasteiger partial charge in [0.2, 0.25) is 0 Å². The van der Waals surface area contributed by atoms with Crippen LogP contribution < -0.4 is 24.4 Å². The number of halogens is 2. The van der Waals surface area contributed by atoms with Gasteiger partial charge in [0.1, 0.15) is 18.2 Å². The van der Waals surface area contributed by atoms with E-state index in [2.05, 4.69) is 4.99 Å². The van der Waals surface area contributed by atoms with Gasteiger partial charge in [-0.2, -0.15) is 0 Å². The van der Waals surface area contributed by atoms with Crippen LogP contribution >= 0.6 is 11.3 Å². The lowest BCUT2D eigenvalue weighted by Gasteiger charge is -2.24. The third-order valence-corrected chi connectivity index (χ3v) is 7.59. The first-order valence-corrected chi connectivity index (χ1v) is 14.2. The van der Waals surface area contributed by atoms with E-state index in [0.29, 0.717) is 49.8 Å². The van der Waals surface area contributed by atoms with Gasteiger partial charge >= 0.3 is 5.97 Å². The summed E-state index contributed by atoms with van der Waals surface area (Å²) in [6, 6.07) is 16.4. The molecule has 1 aliphatic rings. The molecule has 0 N–H and O–H groups in total. The third-order valence-electron chi connectivity index (χ3n) is 6.61. The van der Waals surface area contributed by atoms with Crippen molar-refractivity contribution in [2.75, 3.05) is 13.2 Å². The van der Waals surface area contributed by atoms with E-state index in [9.17, 15) is 18.4 Å². The van der Waals surface area contributed by atoms with Crippen molar-refractivity contribution in [1.29, 1.82) is 0 Å². The van der Waals surface area contributed by atoms with E-state index >= 15 is 0 Å². The first kappa shape index (κ1) is 28.9. The van der Waals surface area contributed by atoms with Crippen LogP contribution in [0.3, 0.4) is 0 Å². The highest BCUT2D eigenvalue weighted by Crippen LogP contribution is 2.32. The third kappa shape index (κ3) is 5.89. The van der Waals surface area contributed by atoms with Gasteiger partial charge in [-0.25, -0.2) is 18.6 Å². The highest BCUT2D eigenvalue weighted by molar-refractivity contribution is 7.07. The molecular weight excluding hydrogens is 562 g/mol. The van der Waals surface area contributed by atoms with Gasteiger partial charge in [0.05, 0.1) is 35.1 Å². The van der Waals surface area contributed by atoms with Crippen LogP contribution in [0, 0.1) is 11.6 Å². The van der Waals surface area contributed by atoms with Crippen LogP contribution in [0.1, 0.15) is 43.5 Å². The average molecular weight is 591 g/mol. The Morgan fingerprint density at radius 1 is 1.00 bits per heavy atom. The van der Waals surface area contributed by atoms with Gasteiger partial charge in [-0.15, -0.1) is 0 Å². The van der Waals surface area contributed by atoms with Crippen molar-refractivity contribution in [3.63, 3.8) is 0 Å². The summed E-state index contributed by atoms with van der Waals surface area (Å²) in [5.41, 5.74) is 1.92. The second-order valence-electron chi connectivity index (χ2n) is 9.37. The predicted molar refractivity (Wildman–Crippen MR) is 155 cm³/mol. The summed E-state index contributed by atoms with van der Waals surface area (Å²) in [6.07, 6.45) is 1.71. The Labute approximate surface area is 244 Å². The van der Waals surface area contributed by atoms with Crippen LogP contribution in [0.25, 0.3) is 6.08 Å². The molecule has 7 nitrogen and oxygen atoms in total.